The number of amides is 2. The average molecular weight is 709 g/mol. The molecule has 0 unspecified atom stereocenters. The molecule has 1 aliphatic carbocycles. The molecule has 1 saturated carbocycles. The molecule has 0 spiro atoms. The van der Waals surface area contributed by atoms with E-state index in [-0.39, 0.29) is 47.5 Å². The molecule has 0 atom stereocenters. The maximum absolute atomic E-state index is 13.2. The van der Waals surface area contributed by atoms with E-state index in [1.807, 2.05) is 66.7 Å². The van der Waals surface area contributed by atoms with Crippen molar-refractivity contribution in [3.05, 3.63) is 144 Å². The second-order valence-corrected chi connectivity index (χ2v) is 12.7. The highest BCUT2D eigenvalue weighted by Crippen LogP contribution is 2.30. The Morgan fingerprint density at radius 1 is 0.698 bits per heavy atom. The molecule has 266 valence electrons. The van der Waals surface area contributed by atoms with Crippen LogP contribution >= 0.6 is 0 Å². The minimum Gasteiger partial charge on any atom is -0.490 e. The van der Waals surface area contributed by atoms with Gasteiger partial charge in [0.25, 0.3) is 5.91 Å². The summed E-state index contributed by atoms with van der Waals surface area (Å²) in [7, 11) is 0. The molecule has 11 nitrogen and oxygen atoms in total. The SMILES string of the molecule is O=C(Cc1ccc(Oc2ccc3cc(OC4CCC(NC(=O)c5cccnc5Oc5ccccc5)CC4)ccc3c2)nc1)Nc1ccccc1C(=O)O. The Hall–Kier alpha value is -6.75. The molecule has 4 aromatic carbocycles. The quantitative estimate of drug-likeness (QED) is 0.114. The van der Waals surface area contributed by atoms with Gasteiger partial charge in [-0.15, -0.1) is 0 Å². The van der Waals surface area contributed by atoms with Crippen LogP contribution in [0.1, 0.15) is 52.0 Å². The summed E-state index contributed by atoms with van der Waals surface area (Å²) in [5.74, 6) is 0.985. The highest BCUT2D eigenvalue weighted by Gasteiger charge is 2.25. The molecule has 2 aromatic heterocycles. The number of aromatic carboxylic acids is 1. The molecule has 2 amide bonds. The molecule has 1 fully saturated rings. The molecular weight excluding hydrogens is 672 g/mol. The third-order valence-electron chi connectivity index (χ3n) is 8.89. The van der Waals surface area contributed by atoms with Gasteiger partial charge in [0.2, 0.25) is 17.7 Å². The van der Waals surface area contributed by atoms with E-state index in [0.717, 1.165) is 42.2 Å². The molecule has 7 rings (SSSR count). The highest BCUT2D eigenvalue weighted by atomic mass is 16.5. The van der Waals surface area contributed by atoms with Crippen LogP contribution in [0.15, 0.2) is 128 Å². The van der Waals surface area contributed by atoms with Crippen LogP contribution in [0, 0.1) is 0 Å². The summed E-state index contributed by atoms with van der Waals surface area (Å²) < 4.78 is 18.2. The van der Waals surface area contributed by atoms with Gasteiger partial charge in [0.15, 0.2) is 0 Å². The predicted octanol–water partition coefficient (Wildman–Crippen LogP) is 8.21. The molecular formula is C42H36N4O7. The van der Waals surface area contributed by atoms with Crippen molar-refractivity contribution >= 4 is 34.2 Å². The number of hydrogen-bond acceptors (Lipinski definition) is 8. The zero-order valence-electron chi connectivity index (χ0n) is 28.6. The fourth-order valence-electron chi connectivity index (χ4n) is 6.22. The Bertz CT molecular complexity index is 2240. The monoisotopic (exact) mass is 708 g/mol. The van der Waals surface area contributed by atoms with Gasteiger partial charge in [-0.2, -0.15) is 0 Å². The van der Waals surface area contributed by atoms with Gasteiger partial charge in [0.1, 0.15) is 22.8 Å². The van der Waals surface area contributed by atoms with E-state index >= 15 is 0 Å². The normalized spacial score (nSPS) is 15.2. The first-order chi connectivity index (χ1) is 25.9. The highest BCUT2D eigenvalue weighted by molar-refractivity contribution is 6.01. The van der Waals surface area contributed by atoms with E-state index in [4.69, 9.17) is 14.2 Å². The number of fused-ring (bicyclic) bond motifs is 1. The molecule has 11 heteroatoms. The summed E-state index contributed by atoms with van der Waals surface area (Å²) in [4.78, 5) is 45.8. The van der Waals surface area contributed by atoms with E-state index in [1.165, 1.54) is 6.07 Å². The van der Waals surface area contributed by atoms with Crippen molar-refractivity contribution in [2.45, 2.75) is 44.2 Å². The molecule has 0 aliphatic heterocycles. The van der Waals surface area contributed by atoms with Gasteiger partial charge in [-0.05, 0) is 103 Å². The largest absolute Gasteiger partial charge is 0.490 e. The molecule has 0 radical (unpaired) electrons. The minimum absolute atomic E-state index is 0.0239. The van der Waals surface area contributed by atoms with Crippen molar-refractivity contribution < 1.29 is 33.7 Å². The fraction of sp³-hybridized carbons (Fsp3) is 0.167. The van der Waals surface area contributed by atoms with Crippen molar-refractivity contribution in [3.63, 3.8) is 0 Å². The third-order valence-corrected chi connectivity index (χ3v) is 8.89. The number of carbonyl (C=O) groups excluding carboxylic acids is 2. The molecule has 0 bridgehead atoms. The minimum atomic E-state index is -1.11. The van der Waals surface area contributed by atoms with Gasteiger partial charge in [-0.3, -0.25) is 9.59 Å². The maximum Gasteiger partial charge on any atom is 0.337 e. The summed E-state index contributed by atoms with van der Waals surface area (Å²) in [6, 6.07) is 34.1. The Labute approximate surface area is 305 Å². The Kier molecular flexibility index (Phi) is 10.5. The van der Waals surface area contributed by atoms with Crippen molar-refractivity contribution in [1.29, 1.82) is 0 Å². The van der Waals surface area contributed by atoms with Crippen LogP contribution in [0.2, 0.25) is 0 Å². The number of nitrogens with one attached hydrogen (secondary N) is 2. The summed E-state index contributed by atoms with van der Waals surface area (Å²) in [5, 5.41) is 17.1. The average Bonchev–Trinajstić information content (AvgIpc) is 3.17. The number of hydrogen-bond donors (Lipinski definition) is 3. The lowest BCUT2D eigenvalue weighted by Crippen LogP contribution is -2.39. The van der Waals surface area contributed by atoms with Gasteiger partial charge in [-0.25, -0.2) is 14.8 Å². The van der Waals surface area contributed by atoms with Crippen molar-refractivity contribution in [2.24, 2.45) is 0 Å². The van der Waals surface area contributed by atoms with Crippen molar-refractivity contribution in [3.8, 4) is 29.0 Å². The van der Waals surface area contributed by atoms with Crippen LogP contribution in [0.3, 0.4) is 0 Å². The number of carboxylic acid groups (broad SMARTS) is 1. The van der Waals surface area contributed by atoms with Crippen molar-refractivity contribution in [2.75, 3.05) is 5.32 Å². The van der Waals surface area contributed by atoms with E-state index in [0.29, 0.717) is 28.5 Å². The summed E-state index contributed by atoms with van der Waals surface area (Å²) in [6.07, 6.45) is 6.45. The summed E-state index contributed by atoms with van der Waals surface area (Å²) >= 11 is 0. The van der Waals surface area contributed by atoms with E-state index in [1.54, 1.807) is 54.9 Å². The van der Waals surface area contributed by atoms with E-state index < -0.39 is 5.97 Å². The number of nitrogens with zero attached hydrogens (tertiary/aromatic N) is 2. The second-order valence-electron chi connectivity index (χ2n) is 12.7. The molecule has 1 aliphatic rings. The van der Waals surface area contributed by atoms with Crippen molar-refractivity contribution in [1.82, 2.24) is 15.3 Å². The first kappa shape index (κ1) is 34.7. The fourth-order valence-corrected chi connectivity index (χ4v) is 6.22. The number of benzene rings is 4. The van der Waals surface area contributed by atoms with Gasteiger partial charge in [0, 0.05) is 24.5 Å². The molecule has 2 heterocycles. The lowest BCUT2D eigenvalue weighted by atomic mass is 9.92. The third kappa shape index (κ3) is 8.95. The van der Waals surface area contributed by atoms with Crippen LogP contribution in [-0.2, 0) is 11.2 Å². The van der Waals surface area contributed by atoms with Gasteiger partial charge < -0.3 is 30.0 Å². The van der Waals surface area contributed by atoms with Crippen LogP contribution in [0.4, 0.5) is 5.69 Å². The van der Waals surface area contributed by atoms with E-state index in [2.05, 4.69) is 20.6 Å². The topological polar surface area (TPSA) is 149 Å². The number of pyridine rings is 2. The number of ether oxygens (including phenoxy) is 3. The molecule has 53 heavy (non-hydrogen) atoms. The predicted molar refractivity (Wildman–Crippen MR) is 199 cm³/mol. The van der Waals surface area contributed by atoms with Crippen LogP contribution in [0.5, 0.6) is 29.0 Å². The Morgan fingerprint density at radius 2 is 1.42 bits per heavy atom. The van der Waals surface area contributed by atoms with Gasteiger partial charge in [0.05, 0.1) is 23.8 Å². The van der Waals surface area contributed by atoms with Crippen LogP contribution in [0.25, 0.3) is 10.8 Å². The number of anilines is 1. The van der Waals surface area contributed by atoms with E-state index in [9.17, 15) is 19.5 Å². The first-order valence-corrected chi connectivity index (χ1v) is 17.3. The lowest BCUT2D eigenvalue weighted by molar-refractivity contribution is -0.115. The summed E-state index contributed by atoms with van der Waals surface area (Å²) in [5.41, 5.74) is 1.31. The standard InChI is InChI=1S/C42H36N4O7/c47-38(46-37-11-5-4-9-35(37)42(49)50)23-27-12-21-39(44-26-27)52-34-18-14-28-24-33(17-13-29(28)25-34)51-32-19-15-30(16-20-32)45-40(48)36-10-6-22-43-41(36)53-31-7-2-1-3-8-31/h1-14,17-18,21-22,24-26,30,32H,15-16,19-20,23H2,(H,45,48)(H,46,47)(H,49,50). The zero-order valence-corrected chi connectivity index (χ0v) is 28.6. The van der Waals surface area contributed by atoms with Crippen LogP contribution in [-0.4, -0.2) is 45.0 Å². The maximum atomic E-state index is 13.2. The van der Waals surface area contributed by atoms with Gasteiger partial charge >= 0.3 is 5.97 Å². The van der Waals surface area contributed by atoms with Crippen LogP contribution < -0.4 is 24.8 Å². The Balaban J connectivity index is 0.888. The molecule has 6 aromatic rings. The number of carbonyl (C=O) groups is 3. The number of para-hydroxylation sites is 2. The molecule has 0 saturated heterocycles. The smallest absolute Gasteiger partial charge is 0.337 e. The molecule has 3 N–H and O–H groups in total. The first-order valence-electron chi connectivity index (χ1n) is 17.3. The number of aromatic nitrogens is 2. The number of rotatable bonds is 12. The zero-order chi connectivity index (χ0) is 36.6. The number of carboxylic acids is 1. The second kappa shape index (κ2) is 16.1. The van der Waals surface area contributed by atoms with Gasteiger partial charge in [-0.1, -0.05) is 48.5 Å². The Morgan fingerprint density at radius 3 is 2.17 bits per heavy atom. The summed E-state index contributed by atoms with van der Waals surface area (Å²) in [6.45, 7) is 0. The lowest BCUT2D eigenvalue weighted by Gasteiger charge is -2.29.